The Morgan fingerprint density at radius 3 is 2.38 bits per heavy atom. The molecule has 16 heavy (non-hydrogen) atoms. The fourth-order valence-corrected chi connectivity index (χ4v) is 2.32. The molecule has 0 spiro atoms. The Labute approximate surface area is 96.0 Å². The fourth-order valence-electron chi connectivity index (χ4n) is 0.880. The van der Waals surface area contributed by atoms with E-state index >= 15 is 0 Å². The average Bonchev–Trinajstić information content (AvgIpc) is 1.99. The smallest absolute Gasteiger partial charge is 0.322 e. The summed E-state index contributed by atoms with van der Waals surface area (Å²) in [4.78, 5) is 11.0. The van der Waals surface area contributed by atoms with Crippen LogP contribution in [0.4, 0.5) is 0 Å². The van der Waals surface area contributed by atoms with Gasteiger partial charge in [0.2, 0.25) is 10.0 Å². The molecular weight excluding hydrogens is 234 g/mol. The van der Waals surface area contributed by atoms with Gasteiger partial charge in [-0.1, -0.05) is 0 Å². The highest BCUT2D eigenvalue weighted by molar-refractivity contribution is 7.90. The first kappa shape index (κ1) is 15.3. The summed E-state index contributed by atoms with van der Waals surface area (Å²) < 4.78 is 29.8. The van der Waals surface area contributed by atoms with E-state index < -0.39 is 33.4 Å². The number of hydrogen-bond acceptors (Lipinski definition) is 5. The van der Waals surface area contributed by atoms with Gasteiger partial charge in [-0.25, -0.2) is 13.1 Å². The van der Waals surface area contributed by atoms with Crippen LogP contribution in [0.5, 0.6) is 0 Å². The second-order valence-electron chi connectivity index (χ2n) is 4.06. The summed E-state index contributed by atoms with van der Waals surface area (Å²) in [6.07, 6.45) is -0.871. The second kappa shape index (κ2) is 5.60. The van der Waals surface area contributed by atoms with E-state index in [1.165, 1.54) is 20.8 Å². The van der Waals surface area contributed by atoms with E-state index in [0.717, 1.165) is 0 Å². The largest absolute Gasteiger partial charge is 0.465 e. The number of sulfonamides is 1. The standard InChI is InChI=1S/C9H19NO5S/c1-5-15-8(12)6-16(13,14)10-9(3,4)7(2)11/h7,10-11H,5-6H2,1-4H3. The van der Waals surface area contributed by atoms with Crippen LogP contribution in [-0.4, -0.2) is 43.5 Å². The number of carbonyl (C=O) groups excluding carboxylic acids is 1. The maximum Gasteiger partial charge on any atom is 0.322 e. The minimum atomic E-state index is -3.79. The van der Waals surface area contributed by atoms with Crippen molar-refractivity contribution in [3.8, 4) is 0 Å². The van der Waals surface area contributed by atoms with E-state index in [1.54, 1.807) is 6.92 Å². The molecule has 0 saturated carbocycles. The molecule has 96 valence electrons. The molecule has 0 aromatic carbocycles. The van der Waals surface area contributed by atoms with Crippen LogP contribution in [0, 0.1) is 0 Å². The zero-order valence-corrected chi connectivity index (χ0v) is 10.8. The lowest BCUT2D eigenvalue weighted by atomic mass is 10.0. The van der Waals surface area contributed by atoms with Crippen molar-refractivity contribution in [1.29, 1.82) is 0 Å². The van der Waals surface area contributed by atoms with E-state index in [4.69, 9.17) is 0 Å². The summed E-state index contributed by atoms with van der Waals surface area (Å²) in [5.41, 5.74) is -1.02. The van der Waals surface area contributed by atoms with Crippen molar-refractivity contribution in [3.63, 3.8) is 0 Å². The fraction of sp³-hybridized carbons (Fsp3) is 0.889. The Kier molecular flexibility index (Phi) is 5.37. The van der Waals surface area contributed by atoms with Gasteiger partial charge in [-0.05, 0) is 27.7 Å². The zero-order valence-electron chi connectivity index (χ0n) is 9.98. The van der Waals surface area contributed by atoms with Crippen LogP contribution < -0.4 is 4.72 Å². The highest BCUT2D eigenvalue weighted by atomic mass is 32.2. The van der Waals surface area contributed by atoms with Crippen LogP contribution >= 0.6 is 0 Å². The average molecular weight is 253 g/mol. The quantitative estimate of drug-likeness (QED) is 0.630. The van der Waals surface area contributed by atoms with Crippen molar-refractivity contribution >= 4 is 16.0 Å². The minimum absolute atomic E-state index is 0.133. The number of nitrogens with one attached hydrogen (secondary N) is 1. The van der Waals surface area contributed by atoms with Crippen molar-refractivity contribution in [3.05, 3.63) is 0 Å². The van der Waals surface area contributed by atoms with E-state index in [9.17, 15) is 18.3 Å². The summed E-state index contributed by atoms with van der Waals surface area (Å²) in [5.74, 6) is -1.55. The Morgan fingerprint density at radius 1 is 1.50 bits per heavy atom. The molecule has 0 heterocycles. The molecule has 1 atom stereocenters. The minimum Gasteiger partial charge on any atom is -0.465 e. The number of ether oxygens (including phenoxy) is 1. The molecule has 0 aliphatic heterocycles. The Balaban J connectivity index is 4.53. The lowest BCUT2D eigenvalue weighted by Crippen LogP contribution is -2.52. The Hall–Kier alpha value is -0.660. The van der Waals surface area contributed by atoms with E-state index in [1.807, 2.05) is 0 Å². The first-order valence-electron chi connectivity index (χ1n) is 4.96. The summed E-state index contributed by atoms with van der Waals surface area (Å²) in [6, 6.07) is 0. The van der Waals surface area contributed by atoms with Crippen LogP contribution in [0.15, 0.2) is 0 Å². The first-order chi connectivity index (χ1) is 7.10. The molecule has 0 radical (unpaired) electrons. The molecule has 1 unspecified atom stereocenters. The highest BCUT2D eigenvalue weighted by Crippen LogP contribution is 2.10. The highest BCUT2D eigenvalue weighted by Gasteiger charge is 2.30. The molecule has 0 aliphatic carbocycles. The van der Waals surface area contributed by atoms with Gasteiger partial charge in [-0.3, -0.25) is 4.79 Å². The third-order valence-electron chi connectivity index (χ3n) is 2.08. The van der Waals surface area contributed by atoms with Gasteiger partial charge in [0, 0.05) is 0 Å². The molecule has 0 bridgehead atoms. The summed E-state index contributed by atoms with van der Waals surface area (Å²) in [6.45, 7) is 6.25. The number of hydrogen-bond donors (Lipinski definition) is 2. The normalized spacial score (nSPS) is 14.6. The molecule has 0 aromatic rings. The van der Waals surface area contributed by atoms with Gasteiger partial charge in [0.25, 0.3) is 0 Å². The predicted octanol–water partition coefficient (Wildman–Crippen LogP) is -0.372. The van der Waals surface area contributed by atoms with E-state index in [-0.39, 0.29) is 6.61 Å². The van der Waals surface area contributed by atoms with E-state index in [2.05, 4.69) is 9.46 Å². The molecule has 2 N–H and O–H groups in total. The lowest BCUT2D eigenvalue weighted by Gasteiger charge is -2.28. The third-order valence-corrected chi connectivity index (χ3v) is 3.53. The van der Waals surface area contributed by atoms with Crippen molar-refractivity contribution in [2.45, 2.75) is 39.3 Å². The van der Waals surface area contributed by atoms with Gasteiger partial charge in [0.05, 0.1) is 18.2 Å². The molecule has 0 aliphatic rings. The molecule has 0 rings (SSSR count). The molecule has 0 saturated heterocycles. The monoisotopic (exact) mass is 253 g/mol. The number of carbonyl (C=O) groups is 1. The van der Waals surface area contributed by atoms with Gasteiger partial charge < -0.3 is 9.84 Å². The summed E-state index contributed by atoms with van der Waals surface area (Å²) in [7, 11) is -3.79. The maximum absolute atomic E-state index is 11.5. The molecule has 0 amide bonds. The second-order valence-corrected chi connectivity index (χ2v) is 5.79. The summed E-state index contributed by atoms with van der Waals surface area (Å²) >= 11 is 0. The predicted molar refractivity (Wildman–Crippen MR) is 59.3 cm³/mol. The topological polar surface area (TPSA) is 92.7 Å². The third kappa shape index (κ3) is 5.43. The molecular formula is C9H19NO5S. The van der Waals surface area contributed by atoms with Gasteiger partial charge in [-0.15, -0.1) is 0 Å². The van der Waals surface area contributed by atoms with Crippen LogP contribution in [0.25, 0.3) is 0 Å². The Bertz CT molecular complexity index is 334. The zero-order chi connectivity index (χ0) is 13.0. The van der Waals surface area contributed by atoms with Crippen LogP contribution in [0.1, 0.15) is 27.7 Å². The Morgan fingerprint density at radius 2 is 2.00 bits per heavy atom. The van der Waals surface area contributed by atoms with Crippen LogP contribution in [-0.2, 0) is 19.6 Å². The van der Waals surface area contributed by atoms with E-state index in [0.29, 0.717) is 0 Å². The SMILES string of the molecule is CCOC(=O)CS(=O)(=O)NC(C)(C)C(C)O. The van der Waals surface area contributed by atoms with Gasteiger partial charge in [0.1, 0.15) is 0 Å². The summed E-state index contributed by atoms with van der Waals surface area (Å²) in [5, 5.41) is 9.34. The van der Waals surface area contributed by atoms with Crippen molar-refractivity contribution in [2.75, 3.05) is 12.4 Å². The van der Waals surface area contributed by atoms with Gasteiger partial charge >= 0.3 is 5.97 Å². The molecule has 0 fully saturated rings. The molecule has 0 aromatic heterocycles. The van der Waals surface area contributed by atoms with Gasteiger partial charge in [0.15, 0.2) is 5.75 Å². The van der Waals surface area contributed by atoms with Crippen LogP contribution in [0.2, 0.25) is 0 Å². The number of rotatable bonds is 6. The van der Waals surface area contributed by atoms with Crippen LogP contribution in [0.3, 0.4) is 0 Å². The first-order valence-corrected chi connectivity index (χ1v) is 6.61. The number of aliphatic hydroxyl groups is 1. The molecule has 7 heteroatoms. The lowest BCUT2D eigenvalue weighted by molar-refractivity contribution is -0.139. The maximum atomic E-state index is 11.5. The number of aliphatic hydroxyl groups excluding tert-OH is 1. The van der Waals surface area contributed by atoms with Crippen molar-refractivity contribution in [2.24, 2.45) is 0 Å². The van der Waals surface area contributed by atoms with Crippen molar-refractivity contribution in [1.82, 2.24) is 4.72 Å². The molecule has 6 nitrogen and oxygen atoms in total. The number of esters is 1. The van der Waals surface area contributed by atoms with Crippen molar-refractivity contribution < 1.29 is 23.1 Å². The van der Waals surface area contributed by atoms with Gasteiger partial charge in [-0.2, -0.15) is 0 Å².